The molecule has 4 heteroatoms. The van der Waals surface area contributed by atoms with Crippen LogP contribution in [0.3, 0.4) is 0 Å². The summed E-state index contributed by atoms with van der Waals surface area (Å²) < 4.78 is 6.28. The molecule has 1 aliphatic rings. The predicted octanol–water partition coefficient (Wildman–Crippen LogP) is 6.15. The second kappa shape index (κ2) is 11.9. The van der Waals surface area contributed by atoms with E-state index >= 15 is 0 Å². The van der Waals surface area contributed by atoms with Gasteiger partial charge in [-0.2, -0.15) is 0 Å². The molecule has 0 amide bonds. The van der Waals surface area contributed by atoms with E-state index in [0.717, 1.165) is 31.3 Å². The van der Waals surface area contributed by atoms with Crippen molar-refractivity contribution >= 4 is 11.8 Å². The molecular formula is C26H32N2OS. The number of pyridine rings is 1. The molecule has 3 aromatic rings. The van der Waals surface area contributed by atoms with Gasteiger partial charge in [-0.3, -0.25) is 4.90 Å². The number of benzene rings is 2. The fraction of sp³-hybridized carbons (Fsp3) is 0.346. The first-order valence-electron chi connectivity index (χ1n) is 10.8. The van der Waals surface area contributed by atoms with Crippen LogP contribution in [0.1, 0.15) is 35.8 Å². The number of hydrogen-bond donors (Lipinski definition) is 0. The third-order valence-corrected chi connectivity index (χ3v) is 6.57. The average molecular weight is 421 g/mol. The molecule has 1 aliphatic heterocycles. The summed E-state index contributed by atoms with van der Waals surface area (Å²) in [6.07, 6.45) is 2.01. The van der Waals surface area contributed by atoms with Gasteiger partial charge >= 0.3 is 0 Å². The number of thioether (sulfide) groups is 1. The van der Waals surface area contributed by atoms with Crippen molar-refractivity contribution in [2.45, 2.75) is 43.7 Å². The Kier molecular flexibility index (Phi) is 8.94. The topological polar surface area (TPSA) is 25.4 Å². The lowest BCUT2D eigenvalue weighted by atomic mass is 10.1. The van der Waals surface area contributed by atoms with E-state index in [4.69, 9.17) is 4.74 Å². The second-order valence-corrected chi connectivity index (χ2v) is 8.33. The summed E-state index contributed by atoms with van der Waals surface area (Å²) in [5, 5.41) is 1.30. The van der Waals surface area contributed by atoms with E-state index in [1.165, 1.54) is 16.7 Å². The number of aromatic nitrogens is 1. The normalized spacial score (nSPS) is 17.6. The van der Waals surface area contributed by atoms with Gasteiger partial charge in [0, 0.05) is 25.8 Å². The molecule has 1 saturated heterocycles. The van der Waals surface area contributed by atoms with E-state index in [-0.39, 0.29) is 11.4 Å². The zero-order valence-corrected chi connectivity index (χ0v) is 19.0. The molecule has 30 heavy (non-hydrogen) atoms. The van der Waals surface area contributed by atoms with Gasteiger partial charge in [0.15, 0.2) is 0 Å². The minimum Gasteiger partial charge on any atom is -0.374 e. The maximum atomic E-state index is 6.28. The van der Waals surface area contributed by atoms with Crippen LogP contribution in [0, 0.1) is 6.92 Å². The molecule has 2 unspecified atom stereocenters. The lowest BCUT2D eigenvalue weighted by Gasteiger charge is -2.37. The van der Waals surface area contributed by atoms with Gasteiger partial charge < -0.3 is 4.74 Å². The van der Waals surface area contributed by atoms with Crippen molar-refractivity contribution in [3.05, 3.63) is 95.7 Å². The first kappa shape index (κ1) is 22.5. The number of morpholine rings is 1. The number of hydrogen-bond acceptors (Lipinski definition) is 4. The summed E-state index contributed by atoms with van der Waals surface area (Å²) in [4.78, 5) is 7.12. The Morgan fingerprint density at radius 3 is 2.40 bits per heavy atom. The molecule has 2 aromatic carbocycles. The van der Waals surface area contributed by atoms with Crippen LogP contribution < -0.4 is 0 Å². The van der Waals surface area contributed by atoms with Gasteiger partial charge in [-0.15, -0.1) is 0 Å². The summed E-state index contributed by atoms with van der Waals surface area (Å²) in [6, 6.07) is 25.5. The summed E-state index contributed by atoms with van der Waals surface area (Å²) in [6.45, 7) is 9.76. The number of rotatable bonds is 6. The Balaban J connectivity index is 0.00000124. The maximum Gasteiger partial charge on any atom is 0.0995 e. The van der Waals surface area contributed by atoms with Crippen LogP contribution in [0.25, 0.3) is 0 Å². The van der Waals surface area contributed by atoms with Crippen LogP contribution >= 0.6 is 11.8 Å². The Morgan fingerprint density at radius 1 is 1.00 bits per heavy atom. The van der Waals surface area contributed by atoms with Gasteiger partial charge in [-0.05, 0) is 29.7 Å². The van der Waals surface area contributed by atoms with Crippen molar-refractivity contribution in [1.82, 2.24) is 9.88 Å². The predicted molar refractivity (Wildman–Crippen MR) is 127 cm³/mol. The van der Waals surface area contributed by atoms with Crippen molar-refractivity contribution < 1.29 is 4.74 Å². The van der Waals surface area contributed by atoms with Gasteiger partial charge in [-0.1, -0.05) is 92.3 Å². The van der Waals surface area contributed by atoms with E-state index in [1.54, 1.807) is 0 Å². The Bertz CT molecular complexity index is 872. The van der Waals surface area contributed by atoms with Gasteiger partial charge in [0.05, 0.1) is 23.0 Å². The van der Waals surface area contributed by atoms with Gasteiger partial charge in [0.2, 0.25) is 0 Å². The molecule has 0 radical (unpaired) electrons. The highest BCUT2D eigenvalue weighted by Gasteiger charge is 2.30. The Hall–Kier alpha value is -2.14. The molecule has 2 heterocycles. The Labute approximate surface area is 185 Å². The van der Waals surface area contributed by atoms with E-state index < -0.39 is 0 Å². The van der Waals surface area contributed by atoms with Crippen molar-refractivity contribution in [3.63, 3.8) is 0 Å². The smallest absolute Gasteiger partial charge is 0.0995 e. The molecule has 2 atom stereocenters. The summed E-state index contributed by atoms with van der Waals surface area (Å²) in [5.41, 5.74) is 3.86. The van der Waals surface area contributed by atoms with E-state index in [2.05, 4.69) is 83.5 Å². The number of nitrogens with zero attached hydrogens (tertiary/aromatic N) is 2. The first-order chi connectivity index (χ1) is 14.8. The van der Waals surface area contributed by atoms with Crippen LogP contribution in [0.4, 0.5) is 0 Å². The lowest BCUT2D eigenvalue weighted by Crippen LogP contribution is -2.44. The highest BCUT2D eigenvalue weighted by molar-refractivity contribution is 7.99. The molecule has 0 spiro atoms. The Morgan fingerprint density at radius 2 is 1.70 bits per heavy atom. The third kappa shape index (κ3) is 6.18. The quantitative estimate of drug-likeness (QED) is 0.447. The van der Waals surface area contributed by atoms with Crippen molar-refractivity contribution in [1.29, 1.82) is 0 Å². The molecule has 0 aliphatic carbocycles. The van der Waals surface area contributed by atoms with E-state index in [9.17, 15) is 0 Å². The van der Waals surface area contributed by atoms with E-state index in [1.807, 2.05) is 37.9 Å². The summed E-state index contributed by atoms with van der Waals surface area (Å²) in [5.74, 6) is 0. The van der Waals surface area contributed by atoms with Crippen LogP contribution in [-0.4, -0.2) is 35.7 Å². The van der Waals surface area contributed by atoms with Crippen molar-refractivity contribution in [2.75, 3.05) is 19.7 Å². The zero-order chi connectivity index (χ0) is 21.2. The first-order valence-corrected chi connectivity index (χ1v) is 11.7. The van der Waals surface area contributed by atoms with Gasteiger partial charge in [0.1, 0.15) is 0 Å². The molecule has 1 fully saturated rings. The van der Waals surface area contributed by atoms with Gasteiger partial charge in [0.25, 0.3) is 0 Å². The summed E-state index contributed by atoms with van der Waals surface area (Å²) in [7, 11) is 0. The lowest BCUT2D eigenvalue weighted by molar-refractivity contribution is -0.0320. The van der Waals surface area contributed by atoms with Crippen LogP contribution in [0.15, 0.2) is 84.0 Å². The molecule has 1 aromatic heterocycles. The fourth-order valence-electron chi connectivity index (χ4n) is 3.62. The highest BCUT2D eigenvalue weighted by atomic mass is 32.2. The molecule has 0 N–H and O–H groups in total. The van der Waals surface area contributed by atoms with Gasteiger partial charge in [-0.25, -0.2) is 4.98 Å². The van der Waals surface area contributed by atoms with Crippen LogP contribution in [0.2, 0.25) is 0 Å². The molecular weight excluding hydrogens is 388 g/mol. The van der Waals surface area contributed by atoms with E-state index in [0.29, 0.717) is 0 Å². The molecule has 158 valence electrons. The van der Waals surface area contributed by atoms with Crippen LogP contribution in [0.5, 0.6) is 0 Å². The monoisotopic (exact) mass is 420 g/mol. The highest BCUT2D eigenvalue weighted by Crippen LogP contribution is 2.40. The third-order valence-electron chi connectivity index (χ3n) is 5.09. The minimum absolute atomic E-state index is 0.131. The minimum atomic E-state index is 0.131. The van der Waals surface area contributed by atoms with Crippen LogP contribution in [-0.2, 0) is 11.3 Å². The number of aryl methyl sites for hydroxylation is 1. The number of ether oxygens (including phenoxy) is 1. The molecule has 4 rings (SSSR count). The maximum absolute atomic E-state index is 6.28. The second-order valence-electron chi connectivity index (χ2n) is 7.20. The standard InChI is InChI=1S/C24H26N2OS.C2H6/c1-19-9-8-14-25-24(19)28-23(21-12-6-3-7-13-21)22-18-26(15-16-27-22)17-20-10-4-2-5-11-20;1-2/h2-14,22-23H,15-18H2,1H3;1-2H3. The molecule has 3 nitrogen and oxygen atoms in total. The molecule has 0 saturated carbocycles. The van der Waals surface area contributed by atoms with Crippen molar-refractivity contribution in [2.24, 2.45) is 0 Å². The SMILES string of the molecule is CC.Cc1cccnc1SC(c1ccccc1)C1CN(Cc2ccccc2)CCO1. The van der Waals surface area contributed by atoms with Crippen molar-refractivity contribution in [3.8, 4) is 0 Å². The fourth-order valence-corrected chi connectivity index (χ4v) is 4.84. The largest absolute Gasteiger partial charge is 0.374 e. The molecule has 0 bridgehead atoms. The summed E-state index contributed by atoms with van der Waals surface area (Å²) >= 11 is 1.82. The average Bonchev–Trinajstić information content (AvgIpc) is 2.81. The zero-order valence-electron chi connectivity index (χ0n) is 18.2.